The number of halogens is 4. The van der Waals surface area contributed by atoms with Crippen LogP contribution in [0, 0.1) is 17.5 Å². The van der Waals surface area contributed by atoms with E-state index in [0.717, 1.165) is 22.9 Å². The Morgan fingerprint density at radius 2 is 1.55 bits per heavy atom. The van der Waals surface area contributed by atoms with Crippen molar-refractivity contribution < 1.29 is 31.6 Å². The Bertz CT molecular complexity index is 2440. The average Bonchev–Trinajstić information content (AvgIpc) is 3.62. The zero-order valence-electron chi connectivity index (χ0n) is 30.2. The number of nitrogens with zero attached hydrogens (tertiary/aromatic N) is 9. The lowest BCUT2D eigenvalue weighted by atomic mass is 10.1. The Labute approximate surface area is 309 Å². The summed E-state index contributed by atoms with van der Waals surface area (Å²) in [6, 6.07) is 0.449. The average molecular weight is 768 g/mol. The second-order valence-corrected chi connectivity index (χ2v) is 13.3. The maximum atomic E-state index is 16.0. The van der Waals surface area contributed by atoms with E-state index in [4.69, 9.17) is 4.42 Å². The number of likely N-dealkylation sites (N-methyl/N-ethyl adjacent to an activating group) is 1. The first kappa shape index (κ1) is 37.3. The van der Waals surface area contributed by atoms with Crippen molar-refractivity contribution in [1.29, 1.82) is 0 Å². The third kappa shape index (κ3) is 7.04. The van der Waals surface area contributed by atoms with Crippen molar-refractivity contribution >= 4 is 57.1 Å². The SMILES string of the molecule is CCn1cc(NC(=O)Nc2nnc(-c3cn(CCF)c4c(F)c(N5CCN(C)CC5)c(F)cc4c3=O)o2)c(=O)c2cc(F)c(N3CCN(C(C)=O)CC3)nc21. The normalized spacial score (nSPS) is 15.3. The molecule has 0 unspecified atom stereocenters. The van der Waals surface area contributed by atoms with Crippen molar-refractivity contribution in [2.24, 2.45) is 0 Å². The minimum atomic E-state index is -1.00. The van der Waals surface area contributed by atoms with E-state index in [0.29, 0.717) is 58.9 Å². The van der Waals surface area contributed by atoms with E-state index in [1.165, 1.54) is 13.1 Å². The largest absolute Gasteiger partial charge is 0.403 e. The summed E-state index contributed by atoms with van der Waals surface area (Å²) in [4.78, 5) is 63.2. The fourth-order valence-corrected chi connectivity index (χ4v) is 6.91. The van der Waals surface area contributed by atoms with Crippen LogP contribution in [-0.4, -0.2) is 112 Å². The third-order valence-corrected chi connectivity index (χ3v) is 9.85. The van der Waals surface area contributed by atoms with Crippen LogP contribution in [0.3, 0.4) is 0 Å². The summed E-state index contributed by atoms with van der Waals surface area (Å²) in [6.45, 7) is 5.55. The summed E-state index contributed by atoms with van der Waals surface area (Å²) in [7, 11) is 1.89. The van der Waals surface area contributed by atoms with Crippen molar-refractivity contribution in [3.63, 3.8) is 0 Å². The molecule has 4 aromatic heterocycles. The zero-order valence-corrected chi connectivity index (χ0v) is 30.2. The molecule has 20 heteroatoms. The van der Waals surface area contributed by atoms with Gasteiger partial charge in [0.1, 0.15) is 35.1 Å². The maximum absolute atomic E-state index is 16.0. The number of alkyl halides is 1. The molecule has 2 aliphatic heterocycles. The van der Waals surface area contributed by atoms with Crippen LogP contribution in [0.15, 0.2) is 38.5 Å². The van der Waals surface area contributed by atoms with Crippen LogP contribution in [0.2, 0.25) is 0 Å². The number of benzene rings is 1. The van der Waals surface area contributed by atoms with E-state index in [-0.39, 0.29) is 57.1 Å². The van der Waals surface area contributed by atoms with E-state index in [1.54, 1.807) is 26.2 Å². The van der Waals surface area contributed by atoms with E-state index < -0.39 is 52.9 Å². The van der Waals surface area contributed by atoms with Crippen LogP contribution in [0.5, 0.6) is 0 Å². The Hall–Kier alpha value is -6.05. The second-order valence-electron chi connectivity index (χ2n) is 13.3. The number of nitrogens with one attached hydrogen (secondary N) is 2. The van der Waals surface area contributed by atoms with Crippen molar-refractivity contribution in [2.45, 2.75) is 26.9 Å². The van der Waals surface area contributed by atoms with Crippen LogP contribution < -0.4 is 31.3 Å². The number of fused-ring (bicyclic) bond motifs is 2. The van der Waals surface area contributed by atoms with Gasteiger partial charge in [0, 0.05) is 78.2 Å². The molecule has 5 aromatic rings. The van der Waals surface area contributed by atoms with E-state index in [1.807, 2.05) is 11.9 Å². The molecule has 0 spiro atoms. The molecule has 1 aromatic carbocycles. The number of hydrogen-bond donors (Lipinski definition) is 2. The van der Waals surface area contributed by atoms with Gasteiger partial charge in [-0.15, -0.1) is 5.10 Å². The summed E-state index contributed by atoms with van der Waals surface area (Å²) in [5.41, 5.74) is -2.52. The highest BCUT2D eigenvalue weighted by molar-refractivity contribution is 5.99. The Balaban J connectivity index is 1.13. The Morgan fingerprint density at radius 3 is 2.22 bits per heavy atom. The first-order valence-corrected chi connectivity index (χ1v) is 17.6. The molecule has 3 amide bonds. The molecule has 2 fully saturated rings. The molecular formula is C35H37F4N11O5. The lowest BCUT2D eigenvalue weighted by Crippen LogP contribution is -2.48. The topological polar surface area (TPSA) is 167 Å². The fourth-order valence-electron chi connectivity index (χ4n) is 6.91. The summed E-state index contributed by atoms with van der Waals surface area (Å²) >= 11 is 0. The molecule has 0 radical (unpaired) electrons. The summed E-state index contributed by atoms with van der Waals surface area (Å²) in [5, 5.41) is 11.7. The number of piperazine rings is 2. The van der Waals surface area contributed by atoms with Gasteiger partial charge in [-0.1, -0.05) is 5.10 Å². The Kier molecular flexibility index (Phi) is 10.2. The van der Waals surface area contributed by atoms with Crippen LogP contribution >= 0.6 is 0 Å². The van der Waals surface area contributed by atoms with Crippen LogP contribution in [0.4, 0.5) is 45.6 Å². The van der Waals surface area contributed by atoms with Gasteiger partial charge in [0.2, 0.25) is 16.8 Å². The van der Waals surface area contributed by atoms with Crippen LogP contribution in [0.25, 0.3) is 33.4 Å². The number of aromatic nitrogens is 5. The predicted molar refractivity (Wildman–Crippen MR) is 196 cm³/mol. The number of rotatable bonds is 8. The van der Waals surface area contributed by atoms with Gasteiger partial charge >= 0.3 is 12.0 Å². The third-order valence-electron chi connectivity index (χ3n) is 9.85. The summed E-state index contributed by atoms with van der Waals surface area (Å²) in [5.74, 6) is -3.18. The molecule has 2 saturated heterocycles. The number of aryl methyl sites for hydroxylation is 2. The summed E-state index contributed by atoms with van der Waals surface area (Å²) in [6.07, 6.45) is 2.48. The maximum Gasteiger partial charge on any atom is 0.327 e. The quantitative estimate of drug-likeness (QED) is 0.223. The molecular weight excluding hydrogens is 730 g/mol. The lowest BCUT2D eigenvalue weighted by Gasteiger charge is -2.35. The smallest absolute Gasteiger partial charge is 0.327 e. The van der Waals surface area contributed by atoms with Crippen molar-refractivity contribution in [1.82, 2.24) is 34.1 Å². The molecule has 0 bridgehead atoms. The first-order valence-electron chi connectivity index (χ1n) is 17.6. The first-order chi connectivity index (χ1) is 26.4. The Morgan fingerprint density at radius 1 is 0.855 bits per heavy atom. The number of anilines is 4. The minimum Gasteiger partial charge on any atom is -0.403 e. The molecule has 55 heavy (non-hydrogen) atoms. The predicted octanol–water partition coefficient (Wildman–Crippen LogP) is 3.23. The van der Waals surface area contributed by atoms with Crippen molar-refractivity contribution in [3.05, 3.63) is 62.4 Å². The molecule has 290 valence electrons. The van der Waals surface area contributed by atoms with Gasteiger partial charge in [-0.25, -0.2) is 27.3 Å². The van der Waals surface area contributed by atoms with Crippen LogP contribution in [0.1, 0.15) is 13.8 Å². The van der Waals surface area contributed by atoms with Gasteiger partial charge in [0.25, 0.3) is 5.89 Å². The van der Waals surface area contributed by atoms with E-state index in [2.05, 4.69) is 25.8 Å². The van der Waals surface area contributed by atoms with Gasteiger partial charge < -0.3 is 38.5 Å². The molecule has 0 atom stereocenters. The second kappa shape index (κ2) is 15.0. The van der Waals surface area contributed by atoms with Crippen LogP contribution in [-0.2, 0) is 17.9 Å². The molecule has 0 aliphatic carbocycles. The molecule has 6 heterocycles. The lowest BCUT2D eigenvalue weighted by molar-refractivity contribution is -0.129. The highest BCUT2D eigenvalue weighted by Crippen LogP contribution is 2.32. The van der Waals surface area contributed by atoms with Crippen molar-refractivity contribution in [2.75, 3.05) is 86.5 Å². The number of pyridine rings is 3. The van der Waals surface area contributed by atoms with Gasteiger partial charge in [-0.2, -0.15) is 0 Å². The summed E-state index contributed by atoms with van der Waals surface area (Å²) < 4.78 is 68.8. The molecule has 7 rings (SSSR count). The number of carbonyl (C=O) groups excluding carboxylic acids is 2. The van der Waals surface area contributed by atoms with Crippen molar-refractivity contribution in [3.8, 4) is 11.5 Å². The molecule has 2 N–H and O–H groups in total. The van der Waals surface area contributed by atoms with Gasteiger partial charge in [-0.05, 0) is 26.1 Å². The van der Waals surface area contributed by atoms with Gasteiger partial charge in [-0.3, -0.25) is 19.7 Å². The van der Waals surface area contributed by atoms with Gasteiger partial charge in [0.05, 0.1) is 22.8 Å². The molecule has 0 saturated carbocycles. The number of carbonyl (C=O) groups is 2. The highest BCUT2D eigenvalue weighted by Gasteiger charge is 2.28. The molecule has 2 aliphatic rings. The van der Waals surface area contributed by atoms with E-state index in [9.17, 15) is 23.6 Å². The highest BCUT2D eigenvalue weighted by atomic mass is 19.1. The zero-order chi connectivity index (χ0) is 39.1. The standard InChI is InChI=1S/C35H37F4N11O5/c1-4-46-18-25(30(53)21-16-24(38)32(41-31(21)46)49-13-11-47(12-14-49)19(2)51)40-34(54)42-35-44-43-33(55-35)22-17-50(6-5-36)27-20(29(22)52)15-23(37)28(26(27)39)48-9-7-45(3)8-10-48/h15-18H,4-14H2,1-3H3,(H2,40,42,44,54). The number of hydrogen-bond acceptors (Lipinski definition) is 11. The monoisotopic (exact) mass is 767 g/mol. The fraction of sp³-hybridized carbons (Fsp3) is 0.400. The van der Waals surface area contributed by atoms with E-state index >= 15 is 13.2 Å². The minimum absolute atomic E-state index is 0.0384. The number of amides is 3. The van der Waals surface area contributed by atoms with Gasteiger partial charge in [0.15, 0.2) is 17.5 Å². The molecule has 16 nitrogen and oxygen atoms in total. The number of urea groups is 1.